The molecule has 13 heavy (non-hydrogen) atoms. The van der Waals surface area contributed by atoms with E-state index in [2.05, 4.69) is 12.2 Å². The third kappa shape index (κ3) is 2.57. The summed E-state index contributed by atoms with van der Waals surface area (Å²) in [4.78, 5) is 1.76. The molecule has 0 atom stereocenters. The number of nitrogens with zero attached hydrogens (tertiary/aromatic N) is 1. The first-order chi connectivity index (χ1) is 6.25. The lowest BCUT2D eigenvalue weighted by Crippen LogP contribution is -2.30. The summed E-state index contributed by atoms with van der Waals surface area (Å²) in [5, 5.41) is 6.73. The van der Waals surface area contributed by atoms with Gasteiger partial charge in [-0.2, -0.15) is 0 Å². The molecule has 0 fully saturated rings. The average Bonchev–Trinajstić information content (AvgIpc) is 2.43. The third-order valence-electron chi connectivity index (χ3n) is 2.01. The zero-order valence-corrected chi connectivity index (χ0v) is 7.46. The monoisotopic (exact) mass is 183 g/mol. The van der Waals surface area contributed by atoms with Crippen LogP contribution in [0.3, 0.4) is 0 Å². The van der Waals surface area contributed by atoms with E-state index in [1.807, 2.05) is 0 Å². The number of rotatable bonds is 2. The van der Waals surface area contributed by atoms with Crippen LogP contribution >= 0.6 is 0 Å². The van der Waals surface area contributed by atoms with Crippen molar-refractivity contribution in [3.8, 4) is 0 Å². The van der Waals surface area contributed by atoms with Crippen molar-refractivity contribution >= 4 is 6.21 Å². The Bertz CT molecular complexity index is 235. The Hall–Kier alpha value is -1.32. The first-order valence-corrected chi connectivity index (χ1v) is 4.31. The Labute approximate surface area is 77.2 Å². The lowest BCUT2D eigenvalue weighted by atomic mass is 10.4. The summed E-state index contributed by atoms with van der Waals surface area (Å²) < 4.78 is 12.9. The van der Waals surface area contributed by atoms with Crippen LogP contribution in [-0.2, 0) is 0 Å². The first-order valence-electron chi connectivity index (χ1n) is 4.31. The number of hydrogen-bond acceptors (Lipinski definition) is 3. The van der Waals surface area contributed by atoms with Crippen LogP contribution in [0, 0.1) is 5.41 Å². The van der Waals surface area contributed by atoms with Gasteiger partial charge in [0.15, 0.2) is 5.83 Å². The maximum absolute atomic E-state index is 12.9. The van der Waals surface area contributed by atoms with E-state index >= 15 is 0 Å². The molecule has 0 aliphatic carbocycles. The molecule has 1 aliphatic heterocycles. The van der Waals surface area contributed by atoms with E-state index in [0.717, 1.165) is 25.9 Å². The maximum atomic E-state index is 12.9. The molecular formula is C9H14FN3. The van der Waals surface area contributed by atoms with E-state index < -0.39 is 5.83 Å². The van der Waals surface area contributed by atoms with Gasteiger partial charge in [-0.3, -0.25) is 0 Å². The third-order valence-corrected chi connectivity index (χ3v) is 2.01. The van der Waals surface area contributed by atoms with Crippen molar-refractivity contribution in [3.05, 3.63) is 23.8 Å². The summed E-state index contributed by atoms with van der Waals surface area (Å²) >= 11 is 0. The summed E-state index contributed by atoms with van der Waals surface area (Å²) in [5.41, 5.74) is 5.52. The van der Waals surface area contributed by atoms with Gasteiger partial charge in [-0.05, 0) is 12.8 Å². The smallest absolute Gasteiger partial charge is 0.180 e. The standard InChI is InChI=1S/C9H14FN3/c10-8(7-11)9(12)13-5-3-1-2-4-6-13/h1-2,7,11H,3-6,12H2/b9-8-,11-7?. The Morgan fingerprint density at radius 1 is 1.38 bits per heavy atom. The molecular weight excluding hydrogens is 169 g/mol. The van der Waals surface area contributed by atoms with Crippen molar-refractivity contribution in [1.82, 2.24) is 4.90 Å². The molecule has 0 bridgehead atoms. The second kappa shape index (κ2) is 4.64. The molecule has 1 aliphatic rings. The van der Waals surface area contributed by atoms with E-state index in [1.54, 1.807) is 4.90 Å². The molecule has 0 aromatic heterocycles. The Morgan fingerprint density at radius 3 is 2.38 bits per heavy atom. The van der Waals surface area contributed by atoms with E-state index in [9.17, 15) is 4.39 Å². The summed E-state index contributed by atoms with van der Waals surface area (Å²) in [5.74, 6) is -0.569. The van der Waals surface area contributed by atoms with Crippen molar-refractivity contribution in [2.24, 2.45) is 5.73 Å². The number of allylic oxidation sites excluding steroid dienone is 1. The fraction of sp³-hybridized carbons (Fsp3) is 0.444. The first kappa shape index (κ1) is 9.77. The molecule has 1 rings (SSSR count). The normalized spacial score (nSPS) is 19.3. The molecule has 0 saturated carbocycles. The quantitative estimate of drug-likeness (QED) is 0.502. The van der Waals surface area contributed by atoms with Gasteiger partial charge in [0.05, 0.1) is 6.21 Å². The van der Waals surface area contributed by atoms with Crippen molar-refractivity contribution in [2.75, 3.05) is 13.1 Å². The van der Waals surface area contributed by atoms with Crippen molar-refractivity contribution < 1.29 is 4.39 Å². The second-order valence-corrected chi connectivity index (χ2v) is 2.91. The van der Waals surface area contributed by atoms with Gasteiger partial charge < -0.3 is 16.0 Å². The maximum Gasteiger partial charge on any atom is 0.180 e. The predicted molar refractivity (Wildman–Crippen MR) is 51.1 cm³/mol. The largest absolute Gasteiger partial charge is 0.383 e. The van der Waals surface area contributed by atoms with E-state index in [1.165, 1.54) is 0 Å². The Kier molecular flexibility index (Phi) is 3.49. The number of halogens is 1. The highest BCUT2D eigenvalue weighted by atomic mass is 19.1. The minimum absolute atomic E-state index is 0.0821. The number of nitrogens with one attached hydrogen (secondary N) is 1. The molecule has 0 spiro atoms. The molecule has 72 valence electrons. The van der Waals surface area contributed by atoms with Gasteiger partial charge in [0, 0.05) is 13.1 Å². The molecule has 4 heteroatoms. The number of nitrogens with two attached hydrogens (primary N) is 1. The molecule has 0 aromatic rings. The average molecular weight is 183 g/mol. The highest BCUT2D eigenvalue weighted by Crippen LogP contribution is 2.09. The van der Waals surface area contributed by atoms with Gasteiger partial charge in [0.1, 0.15) is 5.82 Å². The zero-order chi connectivity index (χ0) is 9.68. The minimum Gasteiger partial charge on any atom is -0.383 e. The van der Waals surface area contributed by atoms with Crippen LogP contribution in [0.2, 0.25) is 0 Å². The van der Waals surface area contributed by atoms with Crippen LogP contribution in [0.4, 0.5) is 4.39 Å². The van der Waals surface area contributed by atoms with Crippen LogP contribution in [0.15, 0.2) is 23.8 Å². The number of hydrogen-bond donors (Lipinski definition) is 2. The van der Waals surface area contributed by atoms with Crippen molar-refractivity contribution in [1.29, 1.82) is 5.41 Å². The molecule has 3 N–H and O–H groups in total. The lowest BCUT2D eigenvalue weighted by Gasteiger charge is -2.22. The molecule has 0 radical (unpaired) electrons. The highest BCUT2D eigenvalue weighted by molar-refractivity contribution is 5.73. The molecule has 0 aromatic carbocycles. The fourth-order valence-corrected chi connectivity index (χ4v) is 1.27. The molecule has 0 amide bonds. The van der Waals surface area contributed by atoms with Gasteiger partial charge in [-0.15, -0.1) is 0 Å². The Balaban J connectivity index is 2.66. The van der Waals surface area contributed by atoms with Crippen LogP contribution < -0.4 is 5.73 Å². The minimum atomic E-state index is -0.651. The summed E-state index contributed by atoms with van der Waals surface area (Å²) in [6, 6.07) is 0. The lowest BCUT2D eigenvalue weighted by molar-refractivity contribution is 0.348. The summed E-state index contributed by atoms with van der Waals surface area (Å²) in [6.07, 6.45) is 6.54. The van der Waals surface area contributed by atoms with E-state index in [0.29, 0.717) is 6.21 Å². The molecule has 3 nitrogen and oxygen atoms in total. The van der Waals surface area contributed by atoms with Crippen molar-refractivity contribution in [3.63, 3.8) is 0 Å². The van der Waals surface area contributed by atoms with Gasteiger partial charge in [-0.1, -0.05) is 12.2 Å². The van der Waals surface area contributed by atoms with Gasteiger partial charge >= 0.3 is 0 Å². The molecule has 1 heterocycles. The highest BCUT2D eigenvalue weighted by Gasteiger charge is 2.10. The SMILES string of the molecule is N=C/C(F)=C(\N)N1CCC=CCC1. The predicted octanol–water partition coefficient (Wildman–Crippen LogP) is 1.39. The van der Waals surface area contributed by atoms with Gasteiger partial charge in [0.25, 0.3) is 0 Å². The van der Waals surface area contributed by atoms with Crippen LogP contribution in [0.25, 0.3) is 0 Å². The summed E-state index contributed by atoms with van der Waals surface area (Å²) in [7, 11) is 0. The second-order valence-electron chi connectivity index (χ2n) is 2.91. The molecule has 0 unspecified atom stereocenters. The van der Waals surface area contributed by atoms with E-state index in [4.69, 9.17) is 11.1 Å². The molecule has 0 saturated heterocycles. The van der Waals surface area contributed by atoms with Crippen LogP contribution in [0.1, 0.15) is 12.8 Å². The van der Waals surface area contributed by atoms with Gasteiger partial charge in [-0.25, -0.2) is 4.39 Å². The van der Waals surface area contributed by atoms with Crippen LogP contribution in [-0.4, -0.2) is 24.2 Å². The summed E-state index contributed by atoms with van der Waals surface area (Å²) in [6.45, 7) is 1.45. The Morgan fingerprint density at radius 2 is 1.92 bits per heavy atom. The fourth-order valence-electron chi connectivity index (χ4n) is 1.27. The topological polar surface area (TPSA) is 53.1 Å². The zero-order valence-electron chi connectivity index (χ0n) is 7.46. The van der Waals surface area contributed by atoms with E-state index in [-0.39, 0.29) is 5.82 Å². The van der Waals surface area contributed by atoms with Crippen molar-refractivity contribution in [2.45, 2.75) is 12.8 Å². The van der Waals surface area contributed by atoms with Crippen LogP contribution in [0.5, 0.6) is 0 Å². The van der Waals surface area contributed by atoms with Gasteiger partial charge in [0.2, 0.25) is 0 Å².